The molecule has 4 aromatic rings. The van der Waals surface area contributed by atoms with Gasteiger partial charge < -0.3 is 18.9 Å². The zero-order valence-electron chi connectivity index (χ0n) is 30.2. The summed E-state index contributed by atoms with van der Waals surface area (Å²) in [6, 6.07) is 31.2. The molecule has 1 fully saturated rings. The number of rotatable bonds is 9. The predicted molar refractivity (Wildman–Crippen MR) is 191 cm³/mol. The molecule has 1 amide bonds. The van der Waals surface area contributed by atoms with E-state index in [1.165, 1.54) is 29.2 Å². The first-order valence-corrected chi connectivity index (χ1v) is 17.1. The maximum Gasteiger partial charge on any atom is 0.411 e. The summed E-state index contributed by atoms with van der Waals surface area (Å²) in [4.78, 5) is 56.0. The molecule has 1 aliphatic heterocycles. The van der Waals surface area contributed by atoms with Gasteiger partial charge in [-0.15, -0.1) is 0 Å². The van der Waals surface area contributed by atoms with Gasteiger partial charge in [0.25, 0.3) is 0 Å². The normalized spacial score (nSPS) is 17.9. The molecule has 4 aromatic carbocycles. The first-order chi connectivity index (χ1) is 24.6. The van der Waals surface area contributed by atoms with Crippen molar-refractivity contribution in [2.45, 2.75) is 89.6 Å². The Hall–Kier alpha value is -5.51. The molecule has 272 valence electrons. The van der Waals surface area contributed by atoms with Crippen molar-refractivity contribution in [2.24, 2.45) is 0 Å². The van der Waals surface area contributed by atoms with Crippen LogP contribution in [-0.2, 0) is 52.0 Å². The summed E-state index contributed by atoms with van der Waals surface area (Å²) in [6.45, 7) is 9.35. The van der Waals surface area contributed by atoms with E-state index in [1.807, 2.05) is 91.0 Å². The molecule has 1 heterocycles. The lowest BCUT2D eigenvalue weighted by atomic mass is 9.89. The van der Waals surface area contributed by atoms with E-state index in [0.29, 0.717) is 11.1 Å². The molecule has 0 unspecified atom stereocenters. The van der Waals surface area contributed by atoms with Crippen LogP contribution in [0.2, 0.25) is 0 Å². The topological polar surface area (TPSA) is 108 Å². The van der Waals surface area contributed by atoms with Gasteiger partial charge in [0.2, 0.25) is 0 Å². The van der Waals surface area contributed by atoms with Gasteiger partial charge in [-0.05, 0) is 63.8 Å². The molecule has 3 atom stereocenters. The summed E-state index contributed by atoms with van der Waals surface area (Å²) in [7, 11) is 0. The second-order valence-corrected chi connectivity index (χ2v) is 14.7. The highest BCUT2D eigenvalue weighted by Crippen LogP contribution is 2.43. The van der Waals surface area contributed by atoms with Crippen LogP contribution in [0, 0.1) is 0 Å². The number of morpholine rings is 1. The van der Waals surface area contributed by atoms with E-state index in [0.717, 1.165) is 11.1 Å². The van der Waals surface area contributed by atoms with Crippen LogP contribution in [0.3, 0.4) is 0 Å². The van der Waals surface area contributed by atoms with Gasteiger partial charge in [0.15, 0.2) is 6.10 Å². The number of nitrogens with zero attached hydrogens (tertiary/aromatic N) is 1. The standard InChI is InChI=1S/C42H44FNO8/c1-40(2,3)51-37(46)42(43,38(47)52-41(4,5)6)32-24-22-28(23-25-32)26-33-36(45)50-35(31-20-14-9-15-21-31)34(30-18-12-8-13-19-30)44(33)39(48)49-27-29-16-10-7-11-17-29/h7-25,33-35H,26-27H2,1-6H3/t33-,34-,35+/m0/s1. The van der Waals surface area contributed by atoms with Crippen molar-refractivity contribution in [3.8, 4) is 0 Å². The van der Waals surface area contributed by atoms with E-state index in [-0.39, 0.29) is 18.6 Å². The average molecular weight is 710 g/mol. The maximum absolute atomic E-state index is 16.8. The van der Waals surface area contributed by atoms with Crippen molar-refractivity contribution in [3.63, 3.8) is 0 Å². The van der Waals surface area contributed by atoms with Crippen LogP contribution >= 0.6 is 0 Å². The third kappa shape index (κ3) is 8.85. The SMILES string of the molecule is CC(C)(C)OC(=O)C(F)(C(=O)OC(C)(C)C)c1ccc(C[C@H]2C(=O)O[C@H](c3ccccc3)[C@H](c3ccccc3)N2C(=O)OCc2ccccc2)cc1. The monoisotopic (exact) mass is 709 g/mol. The predicted octanol–water partition coefficient (Wildman–Crippen LogP) is 8.12. The van der Waals surface area contributed by atoms with Crippen molar-refractivity contribution in [1.82, 2.24) is 4.90 Å². The quantitative estimate of drug-likeness (QED) is 0.0975. The lowest BCUT2D eigenvalue weighted by molar-refractivity contribution is -0.188. The lowest BCUT2D eigenvalue weighted by Crippen LogP contribution is -2.55. The molecule has 0 spiro atoms. The summed E-state index contributed by atoms with van der Waals surface area (Å²) in [5.41, 5.74) is -3.11. The fourth-order valence-electron chi connectivity index (χ4n) is 5.93. The van der Waals surface area contributed by atoms with Gasteiger partial charge in [0, 0.05) is 12.0 Å². The van der Waals surface area contributed by atoms with E-state index in [4.69, 9.17) is 18.9 Å². The van der Waals surface area contributed by atoms with E-state index >= 15 is 4.39 Å². The number of carbonyl (C=O) groups is 4. The van der Waals surface area contributed by atoms with Crippen LogP contribution in [0.5, 0.6) is 0 Å². The second-order valence-electron chi connectivity index (χ2n) is 14.7. The second kappa shape index (κ2) is 15.4. The third-order valence-electron chi connectivity index (χ3n) is 8.26. The molecule has 5 rings (SSSR count). The highest BCUT2D eigenvalue weighted by molar-refractivity contribution is 6.04. The summed E-state index contributed by atoms with van der Waals surface area (Å²) in [6.07, 6.45) is -1.63. The van der Waals surface area contributed by atoms with E-state index in [2.05, 4.69) is 0 Å². The van der Waals surface area contributed by atoms with Gasteiger partial charge >= 0.3 is 29.7 Å². The van der Waals surface area contributed by atoms with Crippen LogP contribution < -0.4 is 0 Å². The van der Waals surface area contributed by atoms with Crippen LogP contribution in [-0.4, -0.2) is 46.1 Å². The number of hydrogen-bond acceptors (Lipinski definition) is 8. The van der Waals surface area contributed by atoms with E-state index in [9.17, 15) is 19.2 Å². The zero-order valence-corrected chi connectivity index (χ0v) is 30.2. The Kier molecular flexibility index (Phi) is 11.2. The summed E-state index contributed by atoms with van der Waals surface area (Å²) in [5.74, 6) is -3.49. The molecule has 0 N–H and O–H groups in total. The Morgan fingerprint density at radius 3 is 1.65 bits per heavy atom. The van der Waals surface area contributed by atoms with Crippen molar-refractivity contribution >= 4 is 24.0 Å². The largest absolute Gasteiger partial charge is 0.457 e. The Balaban J connectivity index is 1.52. The van der Waals surface area contributed by atoms with Gasteiger partial charge in [-0.25, -0.2) is 23.6 Å². The van der Waals surface area contributed by atoms with Crippen molar-refractivity contribution < 1.29 is 42.5 Å². The molecule has 9 nitrogen and oxygen atoms in total. The van der Waals surface area contributed by atoms with E-state index < -0.39 is 59.1 Å². The highest BCUT2D eigenvalue weighted by atomic mass is 19.1. The van der Waals surface area contributed by atoms with Crippen LogP contribution in [0.1, 0.15) is 81.5 Å². The Morgan fingerprint density at radius 1 is 0.673 bits per heavy atom. The number of alkyl halides is 1. The lowest BCUT2D eigenvalue weighted by Gasteiger charge is -2.44. The number of benzene rings is 4. The smallest absolute Gasteiger partial charge is 0.411 e. The summed E-state index contributed by atoms with van der Waals surface area (Å²) < 4.78 is 39.4. The minimum Gasteiger partial charge on any atom is -0.457 e. The molecule has 0 radical (unpaired) electrons. The van der Waals surface area contributed by atoms with Crippen LogP contribution in [0.25, 0.3) is 0 Å². The molecular formula is C42H44FNO8. The number of ether oxygens (including phenoxy) is 4. The van der Waals surface area contributed by atoms with Gasteiger partial charge in [-0.1, -0.05) is 115 Å². The van der Waals surface area contributed by atoms with E-state index in [1.54, 1.807) is 41.5 Å². The average Bonchev–Trinajstić information content (AvgIpc) is 3.10. The Labute approximate surface area is 303 Å². The van der Waals surface area contributed by atoms with Gasteiger partial charge in [0.05, 0.1) is 0 Å². The molecule has 0 aliphatic carbocycles. The number of hydrogen-bond donors (Lipinski definition) is 0. The van der Waals surface area contributed by atoms with Gasteiger partial charge in [0.1, 0.15) is 29.9 Å². The third-order valence-corrected chi connectivity index (χ3v) is 8.26. The fourth-order valence-corrected chi connectivity index (χ4v) is 5.93. The molecule has 52 heavy (non-hydrogen) atoms. The number of amides is 1. The number of carbonyl (C=O) groups excluding carboxylic acids is 4. The van der Waals surface area contributed by atoms with Crippen molar-refractivity contribution in [1.29, 1.82) is 0 Å². The molecule has 0 saturated carbocycles. The highest BCUT2D eigenvalue weighted by Gasteiger charge is 2.54. The fraction of sp³-hybridized carbons (Fsp3) is 0.333. The van der Waals surface area contributed by atoms with Crippen molar-refractivity contribution in [3.05, 3.63) is 143 Å². The molecule has 1 aliphatic rings. The molecule has 0 aromatic heterocycles. The molecule has 10 heteroatoms. The molecule has 1 saturated heterocycles. The number of cyclic esters (lactones) is 1. The van der Waals surface area contributed by atoms with Gasteiger partial charge in [-0.2, -0.15) is 0 Å². The first kappa shape index (κ1) is 37.7. The zero-order chi connectivity index (χ0) is 37.7. The summed E-state index contributed by atoms with van der Waals surface area (Å²) >= 11 is 0. The molecular weight excluding hydrogens is 665 g/mol. The van der Waals surface area contributed by atoms with Crippen LogP contribution in [0.4, 0.5) is 9.18 Å². The number of halogens is 1. The first-order valence-electron chi connectivity index (χ1n) is 17.1. The minimum atomic E-state index is -3.28. The summed E-state index contributed by atoms with van der Waals surface area (Å²) in [5, 5.41) is 0. The Bertz CT molecular complexity index is 1820. The number of esters is 3. The van der Waals surface area contributed by atoms with Crippen molar-refractivity contribution in [2.75, 3.05) is 0 Å². The maximum atomic E-state index is 16.8. The van der Waals surface area contributed by atoms with Crippen LogP contribution in [0.15, 0.2) is 115 Å². The van der Waals surface area contributed by atoms with Gasteiger partial charge in [-0.3, -0.25) is 4.90 Å². The Morgan fingerprint density at radius 2 is 1.15 bits per heavy atom. The molecule has 0 bridgehead atoms. The minimum absolute atomic E-state index is 0.0297.